The van der Waals surface area contributed by atoms with Crippen molar-refractivity contribution in [1.82, 2.24) is 0 Å². The first-order chi connectivity index (χ1) is 6.19. The topological polar surface area (TPSA) is 18.5 Å². The van der Waals surface area contributed by atoms with Crippen LogP contribution in [0.5, 0.6) is 0 Å². The van der Waals surface area contributed by atoms with E-state index < -0.39 is 6.29 Å². The zero-order valence-electron chi connectivity index (χ0n) is 7.38. The summed E-state index contributed by atoms with van der Waals surface area (Å²) in [5.74, 6) is -0.323. The molecular weight excluding hydrogens is 239 g/mol. The Balaban J connectivity index is 2.95. The third kappa shape index (κ3) is 2.49. The number of rotatable bonds is 3. The summed E-state index contributed by atoms with van der Waals surface area (Å²) in [6.07, 6.45) is -0.511. The molecular formula is C9H10BrFO2. The predicted octanol–water partition coefficient (Wildman–Crippen LogP) is 2.88. The Labute approximate surface area is 84.8 Å². The smallest absolute Gasteiger partial charge is 0.183 e. The zero-order valence-corrected chi connectivity index (χ0v) is 8.97. The van der Waals surface area contributed by atoms with Gasteiger partial charge in [-0.05, 0) is 28.1 Å². The summed E-state index contributed by atoms with van der Waals surface area (Å²) in [5, 5.41) is 0. The summed E-state index contributed by atoms with van der Waals surface area (Å²) in [5.41, 5.74) is 0.658. The Morgan fingerprint density at radius 3 is 2.38 bits per heavy atom. The normalized spacial score (nSPS) is 10.8. The van der Waals surface area contributed by atoms with Gasteiger partial charge in [0.2, 0.25) is 0 Å². The lowest BCUT2D eigenvalue weighted by Crippen LogP contribution is -2.03. The van der Waals surface area contributed by atoms with E-state index in [0.717, 1.165) is 0 Å². The molecule has 4 heteroatoms. The molecule has 1 aromatic carbocycles. The van der Waals surface area contributed by atoms with E-state index in [1.807, 2.05) is 0 Å². The van der Waals surface area contributed by atoms with Crippen LogP contribution in [0.3, 0.4) is 0 Å². The van der Waals surface area contributed by atoms with Gasteiger partial charge in [0.05, 0.1) is 4.47 Å². The molecule has 0 fully saturated rings. The lowest BCUT2D eigenvalue weighted by atomic mass is 10.2. The molecule has 0 aliphatic rings. The third-order valence-electron chi connectivity index (χ3n) is 1.64. The van der Waals surface area contributed by atoms with Crippen molar-refractivity contribution >= 4 is 15.9 Å². The van der Waals surface area contributed by atoms with Gasteiger partial charge in [-0.1, -0.05) is 6.07 Å². The van der Waals surface area contributed by atoms with Crippen LogP contribution in [0.15, 0.2) is 22.7 Å². The van der Waals surface area contributed by atoms with Crippen molar-refractivity contribution < 1.29 is 13.9 Å². The van der Waals surface area contributed by atoms with Crippen LogP contribution >= 0.6 is 15.9 Å². The van der Waals surface area contributed by atoms with Crippen LogP contribution in [0.4, 0.5) is 4.39 Å². The summed E-state index contributed by atoms with van der Waals surface area (Å²) < 4.78 is 23.4. The van der Waals surface area contributed by atoms with Gasteiger partial charge in [-0.25, -0.2) is 4.39 Å². The van der Waals surface area contributed by atoms with Gasteiger partial charge in [0, 0.05) is 19.8 Å². The van der Waals surface area contributed by atoms with Gasteiger partial charge >= 0.3 is 0 Å². The third-order valence-corrected chi connectivity index (χ3v) is 2.29. The van der Waals surface area contributed by atoms with E-state index in [1.165, 1.54) is 20.3 Å². The highest BCUT2D eigenvalue weighted by Gasteiger charge is 2.10. The number of hydrogen-bond acceptors (Lipinski definition) is 2. The van der Waals surface area contributed by atoms with Crippen LogP contribution in [-0.2, 0) is 9.47 Å². The molecule has 0 atom stereocenters. The summed E-state index contributed by atoms with van der Waals surface area (Å²) >= 11 is 3.07. The summed E-state index contributed by atoms with van der Waals surface area (Å²) in [6.45, 7) is 0. The van der Waals surface area contributed by atoms with Crippen molar-refractivity contribution in [3.63, 3.8) is 0 Å². The van der Waals surface area contributed by atoms with Crippen molar-refractivity contribution in [3.8, 4) is 0 Å². The molecule has 0 bridgehead atoms. The predicted molar refractivity (Wildman–Crippen MR) is 50.9 cm³/mol. The van der Waals surface area contributed by atoms with Crippen molar-refractivity contribution in [2.75, 3.05) is 14.2 Å². The molecule has 0 heterocycles. The highest BCUT2D eigenvalue weighted by Crippen LogP contribution is 2.22. The van der Waals surface area contributed by atoms with Gasteiger partial charge in [0.15, 0.2) is 6.29 Å². The van der Waals surface area contributed by atoms with Crippen molar-refractivity contribution in [3.05, 3.63) is 34.1 Å². The minimum atomic E-state index is -0.511. The molecule has 1 aromatic rings. The van der Waals surface area contributed by atoms with Gasteiger partial charge in [0.25, 0.3) is 0 Å². The lowest BCUT2D eigenvalue weighted by Gasteiger charge is -2.13. The molecule has 0 spiro atoms. The van der Waals surface area contributed by atoms with Crippen molar-refractivity contribution in [1.29, 1.82) is 0 Å². The van der Waals surface area contributed by atoms with Crippen LogP contribution in [0, 0.1) is 5.82 Å². The van der Waals surface area contributed by atoms with Crippen LogP contribution in [0.1, 0.15) is 11.9 Å². The molecule has 72 valence electrons. The van der Waals surface area contributed by atoms with Crippen LogP contribution in [0.25, 0.3) is 0 Å². The van der Waals surface area contributed by atoms with E-state index in [9.17, 15) is 4.39 Å². The maximum absolute atomic E-state index is 13.1. The molecule has 1 rings (SSSR count). The van der Waals surface area contributed by atoms with E-state index in [1.54, 1.807) is 12.1 Å². The number of ether oxygens (including phenoxy) is 2. The van der Waals surface area contributed by atoms with E-state index in [4.69, 9.17) is 9.47 Å². The molecule has 0 radical (unpaired) electrons. The first-order valence-electron chi connectivity index (χ1n) is 3.69. The molecule has 0 aromatic heterocycles. The maximum Gasteiger partial charge on any atom is 0.183 e. The lowest BCUT2D eigenvalue weighted by molar-refractivity contribution is -0.106. The molecule has 0 aliphatic heterocycles. The fraction of sp³-hybridized carbons (Fsp3) is 0.333. The van der Waals surface area contributed by atoms with E-state index in [-0.39, 0.29) is 5.82 Å². The fourth-order valence-corrected chi connectivity index (χ4v) is 1.27. The standard InChI is InChI=1S/C9H10BrFO2/c1-12-9(13-2)6-3-4-7(10)8(11)5-6/h3-5,9H,1-2H3. The monoisotopic (exact) mass is 248 g/mol. The van der Waals surface area contributed by atoms with Crippen molar-refractivity contribution in [2.24, 2.45) is 0 Å². The Morgan fingerprint density at radius 2 is 1.92 bits per heavy atom. The minimum Gasteiger partial charge on any atom is -0.352 e. The quantitative estimate of drug-likeness (QED) is 0.767. The molecule has 0 N–H and O–H groups in total. The molecule has 0 amide bonds. The second kappa shape index (κ2) is 4.69. The minimum absolute atomic E-state index is 0.323. The largest absolute Gasteiger partial charge is 0.352 e. The average Bonchev–Trinajstić information content (AvgIpc) is 2.13. The van der Waals surface area contributed by atoms with E-state index in [0.29, 0.717) is 10.0 Å². The van der Waals surface area contributed by atoms with Gasteiger partial charge in [0.1, 0.15) is 5.82 Å². The molecule has 2 nitrogen and oxygen atoms in total. The number of halogens is 2. The van der Waals surface area contributed by atoms with Gasteiger partial charge in [-0.15, -0.1) is 0 Å². The SMILES string of the molecule is COC(OC)c1ccc(Br)c(F)c1. The van der Waals surface area contributed by atoms with Gasteiger partial charge < -0.3 is 9.47 Å². The second-order valence-electron chi connectivity index (χ2n) is 2.48. The first-order valence-corrected chi connectivity index (χ1v) is 4.49. The second-order valence-corrected chi connectivity index (χ2v) is 3.33. The zero-order chi connectivity index (χ0) is 9.84. The number of benzene rings is 1. The molecule has 0 aliphatic carbocycles. The Hall–Kier alpha value is -0.450. The molecule has 13 heavy (non-hydrogen) atoms. The van der Waals surface area contributed by atoms with Crippen LogP contribution < -0.4 is 0 Å². The average molecular weight is 249 g/mol. The first kappa shape index (κ1) is 10.6. The summed E-state index contributed by atoms with van der Waals surface area (Å²) in [7, 11) is 3.02. The Morgan fingerprint density at radius 1 is 1.31 bits per heavy atom. The molecule has 0 saturated heterocycles. The Bertz CT molecular complexity index is 287. The van der Waals surface area contributed by atoms with E-state index >= 15 is 0 Å². The van der Waals surface area contributed by atoms with E-state index in [2.05, 4.69) is 15.9 Å². The number of hydrogen-bond donors (Lipinski definition) is 0. The van der Waals surface area contributed by atoms with Crippen LogP contribution in [0.2, 0.25) is 0 Å². The summed E-state index contributed by atoms with van der Waals surface area (Å²) in [4.78, 5) is 0. The molecule has 0 unspecified atom stereocenters. The van der Waals surface area contributed by atoms with Gasteiger partial charge in [-0.2, -0.15) is 0 Å². The highest BCUT2D eigenvalue weighted by molar-refractivity contribution is 9.10. The summed E-state index contributed by atoms with van der Waals surface area (Å²) in [6, 6.07) is 4.74. The van der Waals surface area contributed by atoms with Gasteiger partial charge in [-0.3, -0.25) is 0 Å². The Kier molecular flexibility index (Phi) is 3.84. The number of methoxy groups -OCH3 is 2. The highest BCUT2D eigenvalue weighted by atomic mass is 79.9. The van der Waals surface area contributed by atoms with Crippen LogP contribution in [-0.4, -0.2) is 14.2 Å². The van der Waals surface area contributed by atoms with Crippen molar-refractivity contribution in [2.45, 2.75) is 6.29 Å². The fourth-order valence-electron chi connectivity index (χ4n) is 1.03. The maximum atomic E-state index is 13.1. The molecule has 0 saturated carbocycles.